The summed E-state index contributed by atoms with van der Waals surface area (Å²) in [4.78, 5) is 41.7. The van der Waals surface area contributed by atoms with E-state index in [1.165, 1.54) is 4.90 Å². The molecule has 1 saturated heterocycles. The van der Waals surface area contributed by atoms with E-state index in [2.05, 4.69) is 5.32 Å². The zero-order valence-electron chi connectivity index (χ0n) is 19.2. The highest BCUT2D eigenvalue weighted by Gasteiger charge is 2.59. The van der Waals surface area contributed by atoms with Crippen LogP contribution in [0.5, 0.6) is 0 Å². The van der Waals surface area contributed by atoms with Crippen molar-refractivity contribution in [3.63, 3.8) is 0 Å². The molecule has 0 unspecified atom stereocenters. The number of hydrogen-bond acceptors (Lipinski definition) is 5. The van der Waals surface area contributed by atoms with E-state index in [-0.39, 0.29) is 37.0 Å². The van der Waals surface area contributed by atoms with Crippen molar-refractivity contribution in [2.75, 3.05) is 13.2 Å². The first-order chi connectivity index (χ1) is 15.3. The van der Waals surface area contributed by atoms with Gasteiger partial charge in [0, 0.05) is 12.0 Å². The normalized spacial score (nSPS) is 27.9. The third-order valence-electron chi connectivity index (χ3n) is 6.47. The number of nitrogens with one attached hydrogen (secondary N) is 1. The average Bonchev–Trinajstić information content (AvgIpc) is 3.06. The molecule has 2 N–H and O–H groups in total. The summed E-state index contributed by atoms with van der Waals surface area (Å²) in [6.07, 6.45) is 4.55. The summed E-state index contributed by atoms with van der Waals surface area (Å²) in [6, 6.07) is 7.58. The zero-order chi connectivity index (χ0) is 23.4. The highest BCUT2D eigenvalue weighted by molar-refractivity contribution is 5.96. The Hall–Kier alpha value is -2.67. The molecule has 0 aromatic heterocycles. The van der Waals surface area contributed by atoms with Gasteiger partial charge < -0.3 is 20.1 Å². The van der Waals surface area contributed by atoms with Gasteiger partial charge in [0.15, 0.2) is 0 Å². The van der Waals surface area contributed by atoms with E-state index in [9.17, 15) is 19.5 Å². The molecule has 0 saturated carbocycles. The molecule has 7 nitrogen and oxygen atoms in total. The number of aliphatic hydroxyl groups excluding tert-OH is 1. The van der Waals surface area contributed by atoms with Gasteiger partial charge in [-0.1, -0.05) is 49.4 Å². The highest BCUT2D eigenvalue weighted by atomic mass is 16.5. The van der Waals surface area contributed by atoms with Crippen molar-refractivity contribution < 1.29 is 24.2 Å². The fourth-order valence-electron chi connectivity index (χ4n) is 5.13. The summed E-state index contributed by atoms with van der Waals surface area (Å²) < 4.78 is 5.34. The Morgan fingerprint density at radius 3 is 2.41 bits per heavy atom. The third kappa shape index (κ3) is 4.44. The van der Waals surface area contributed by atoms with E-state index in [4.69, 9.17) is 4.74 Å². The summed E-state index contributed by atoms with van der Waals surface area (Å²) in [5.41, 5.74) is 0.744. The maximum Gasteiger partial charge on any atom is 0.310 e. The van der Waals surface area contributed by atoms with E-state index >= 15 is 0 Å². The van der Waals surface area contributed by atoms with Crippen molar-refractivity contribution in [1.29, 1.82) is 0 Å². The lowest BCUT2D eigenvalue weighted by Gasteiger charge is -2.34. The van der Waals surface area contributed by atoms with E-state index in [0.29, 0.717) is 6.42 Å². The Morgan fingerprint density at radius 2 is 1.84 bits per heavy atom. The molecule has 1 heterocycles. The number of esters is 1. The van der Waals surface area contributed by atoms with Gasteiger partial charge in [-0.15, -0.1) is 0 Å². The van der Waals surface area contributed by atoms with Crippen molar-refractivity contribution in [3.8, 4) is 0 Å². The van der Waals surface area contributed by atoms with Crippen LogP contribution in [0.25, 0.3) is 0 Å². The molecule has 1 aliphatic heterocycles. The second-order valence-corrected chi connectivity index (χ2v) is 8.80. The van der Waals surface area contributed by atoms with Gasteiger partial charge in [-0.25, -0.2) is 0 Å². The predicted molar refractivity (Wildman–Crippen MR) is 120 cm³/mol. The first kappa shape index (κ1) is 24.0. The summed E-state index contributed by atoms with van der Waals surface area (Å²) in [6.45, 7) is 7.35. The molecule has 1 aromatic carbocycles. The van der Waals surface area contributed by atoms with E-state index < -0.39 is 35.8 Å². The van der Waals surface area contributed by atoms with Crippen LogP contribution in [0.1, 0.15) is 45.7 Å². The lowest BCUT2D eigenvalue weighted by molar-refractivity contribution is -0.156. The number of likely N-dealkylation sites (tertiary alicyclic amines) is 1. The van der Waals surface area contributed by atoms with Crippen LogP contribution < -0.4 is 5.32 Å². The number of carbonyl (C=O) groups is 3. The van der Waals surface area contributed by atoms with Crippen molar-refractivity contribution >= 4 is 17.8 Å². The monoisotopic (exact) mass is 442 g/mol. The molecule has 3 rings (SSSR count). The Morgan fingerprint density at radius 1 is 1.16 bits per heavy atom. The van der Waals surface area contributed by atoms with Gasteiger partial charge in [0.25, 0.3) is 0 Å². The van der Waals surface area contributed by atoms with Crippen LogP contribution in [0.4, 0.5) is 0 Å². The molecule has 2 amide bonds. The van der Waals surface area contributed by atoms with Crippen LogP contribution >= 0.6 is 0 Å². The number of amides is 2. The van der Waals surface area contributed by atoms with Crippen molar-refractivity contribution in [2.24, 2.45) is 23.7 Å². The predicted octanol–water partition coefficient (Wildman–Crippen LogP) is 2.46. The van der Waals surface area contributed by atoms with Gasteiger partial charge in [-0.3, -0.25) is 14.4 Å². The van der Waals surface area contributed by atoms with Gasteiger partial charge in [0.1, 0.15) is 6.04 Å². The number of rotatable bonds is 8. The second-order valence-electron chi connectivity index (χ2n) is 8.80. The number of hydrogen-bond donors (Lipinski definition) is 2. The summed E-state index contributed by atoms with van der Waals surface area (Å²) in [7, 11) is 0. The molecule has 7 heteroatoms. The SMILES string of the molecule is CCOC(=O)[C@H]1[C@H]2C(=O)N([C@H](CO)c3ccccc3)[C@H](C(=O)NC(C)C)[C@H]2C=C[C@H]1CC. The highest BCUT2D eigenvalue weighted by Crippen LogP contribution is 2.47. The molecule has 1 aromatic rings. The van der Waals surface area contributed by atoms with Crippen LogP contribution in [-0.4, -0.2) is 53.1 Å². The molecule has 2 aliphatic rings. The fraction of sp³-hybridized carbons (Fsp3) is 0.560. The molecule has 174 valence electrons. The number of allylic oxidation sites excluding steroid dienone is 1. The standard InChI is InChI=1S/C25H34N2O5/c1-5-16-12-13-18-21(20(16)25(31)32-6-2)24(30)27(22(18)23(29)26-15(3)4)19(14-28)17-10-8-7-9-11-17/h7-13,15-16,18-22,28H,5-6,14H2,1-4H3,(H,26,29)/t16-,18+,19-,20-,21+,22+/m1/s1. The molecule has 32 heavy (non-hydrogen) atoms. The minimum atomic E-state index is -0.821. The number of fused-ring (bicyclic) bond motifs is 1. The largest absolute Gasteiger partial charge is 0.466 e. The molecule has 1 aliphatic carbocycles. The number of nitrogens with zero attached hydrogens (tertiary/aromatic N) is 1. The quantitative estimate of drug-likeness (QED) is 0.476. The number of aliphatic hydroxyl groups is 1. The molecular formula is C25H34N2O5. The Labute approximate surface area is 189 Å². The van der Waals surface area contributed by atoms with Crippen LogP contribution in [0.2, 0.25) is 0 Å². The minimum absolute atomic E-state index is 0.111. The van der Waals surface area contributed by atoms with Gasteiger partial charge in [0.2, 0.25) is 11.8 Å². The molecule has 0 radical (unpaired) electrons. The molecule has 1 fully saturated rings. The van der Waals surface area contributed by atoms with E-state index in [1.54, 1.807) is 6.92 Å². The molecule has 0 spiro atoms. The summed E-state index contributed by atoms with van der Waals surface area (Å²) >= 11 is 0. The maximum atomic E-state index is 13.9. The van der Waals surface area contributed by atoms with E-state index in [0.717, 1.165) is 5.56 Å². The van der Waals surface area contributed by atoms with Crippen molar-refractivity contribution in [3.05, 3.63) is 48.0 Å². The first-order valence-electron chi connectivity index (χ1n) is 11.5. The zero-order valence-corrected chi connectivity index (χ0v) is 19.2. The lowest BCUT2D eigenvalue weighted by atomic mass is 9.69. The van der Waals surface area contributed by atoms with Crippen molar-refractivity contribution in [2.45, 2.75) is 52.2 Å². The topological polar surface area (TPSA) is 95.9 Å². The van der Waals surface area contributed by atoms with Crippen molar-refractivity contribution in [1.82, 2.24) is 10.2 Å². The molecular weight excluding hydrogens is 408 g/mol. The lowest BCUT2D eigenvalue weighted by Crippen LogP contribution is -2.50. The summed E-state index contributed by atoms with van der Waals surface area (Å²) in [5.74, 6) is -2.95. The number of carbonyl (C=O) groups excluding carboxylic acids is 3. The molecule has 6 atom stereocenters. The van der Waals surface area contributed by atoms with Crippen LogP contribution in [-0.2, 0) is 19.1 Å². The Bertz CT molecular complexity index is 853. The first-order valence-corrected chi connectivity index (χ1v) is 11.5. The van der Waals surface area contributed by atoms with Crippen LogP contribution in [0.15, 0.2) is 42.5 Å². The van der Waals surface area contributed by atoms with Crippen LogP contribution in [0.3, 0.4) is 0 Å². The second kappa shape index (κ2) is 10.3. The third-order valence-corrected chi connectivity index (χ3v) is 6.47. The molecule has 0 bridgehead atoms. The van der Waals surface area contributed by atoms with Crippen LogP contribution in [0, 0.1) is 23.7 Å². The van der Waals surface area contributed by atoms with E-state index in [1.807, 2.05) is 63.3 Å². The van der Waals surface area contributed by atoms with Gasteiger partial charge in [-0.05, 0) is 38.7 Å². The van der Waals surface area contributed by atoms with Gasteiger partial charge in [0.05, 0.1) is 31.1 Å². The smallest absolute Gasteiger partial charge is 0.310 e. The number of benzene rings is 1. The van der Waals surface area contributed by atoms with Gasteiger partial charge >= 0.3 is 5.97 Å². The average molecular weight is 443 g/mol. The van der Waals surface area contributed by atoms with Gasteiger partial charge in [-0.2, -0.15) is 0 Å². The maximum absolute atomic E-state index is 13.9. The Balaban J connectivity index is 2.10. The summed E-state index contributed by atoms with van der Waals surface area (Å²) in [5, 5.41) is 13.2. The minimum Gasteiger partial charge on any atom is -0.466 e. The fourth-order valence-corrected chi connectivity index (χ4v) is 5.13. The number of ether oxygens (including phenoxy) is 1. The Kier molecular flexibility index (Phi) is 7.72.